The lowest BCUT2D eigenvalue weighted by Crippen LogP contribution is -2.34. The third-order valence-electron chi connectivity index (χ3n) is 5.98. The molecule has 2 aromatic rings. The van der Waals surface area contributed by atoms with Crippen molar-refractivity contribution >= 4 is 11.8 Å². The molecule has 6 nitrogen and oxygen atoms in total. The van der Waals surface area contributed by atoms with E-state index in [-0.39, 0.29) is 12.4 Å². The maximum absolute atomic E-state index is 13.2. The Hall–Kier alpha value is -3.38. The first-order chi connectivity index (χ1) is 16.1. The van der Waals surface area contributed by atoms with Gasteiger partial charge in [0, 0.05) is 36.1 Å². The van der Waals surface area contributed by atoms with Crippen molar-refractivity contribution in [2.24, 2.45) is 0 Å². The maximum Gasteiger partial charge on any atom is 0.336 e. The number of para-hydroxylation sites is 1. The number of hydrogen-bond donors (Lipinski definition) is 1. The average molecular weight is 448 g/mol. The van der Waals surface area contributed by atoms with Gasteiger partial charge in [-0.05, 0) is 31.4 Å². The third kappa shape index (κ3) is 5.01. The van der Waals surface area contributed by atoms with E-state index in [2.05, 4.69) is 5.32 Å². The number of ether oxygens (including phenoxy) is 3. The van der Waals surface area contributed by atoms with E-state index in [1.807, 2.05) is 61.5 Å². The van der Waals surface area contributed by atoms with Gasteiger partial charge in [0.2, 0.25) is 0 Å². The highest BCUT2D eigenvalue weighted by atomic mass is 16.6. The van der Waals surface area contributed by atoms with Crippen LogP contribution in [0.5, 0.6) is 5.75 Å². The van der Waals surface area contributed by atoms with Gasteiger partial charge >= 0.3 is 5.97 Å². The third-order valence-corrected chi connectivity index (χ3v) is 5.98. The molecule has 4 rings (SSSR count). The molecule has 0 amide bonds. The van der Waals surface area contributed by atoms with Gasteiger partial charge in [0.25, 0.3) is 0 Å². The fourth-order valence-electron chi connectivity index (χ4n) is 4.45. The van der Waals surface area contributed by atoms with Crippen LogP contribution >= 0.6 is 0 Å². The molecule has 1 unspecified atom stereocenters. The number of carbonyl (C=O) groups excluding carboxylic acids is 2. The van der Waals surface area contributed by atoms with E-state index < -0.39 is 11.9 Å². The van der Waals surface area contributed by atoms with Crippen LogP contribution in [0.1, 0.15) is 43.2 Å². The molecule has 0 aromatic heterocycles. The number of hydrogen-bond acceptors (Lipinski definition) is 6. The molecular formula is C27H29NO5. The van der Waals surface area contributed by atoms with Gasteiger partial charge in [-0.2, -0.15) is 0 Å². The fraction of sp³-hybridized carbons (Fsp3) is 0.333. The van der Waals surface area contributed by atoms with E-state index in [4.69, 9.17) is 14.2 Å². The fourth-order valence-corrected chi connectivity index (χ4v) is 4.45. The van der Waals surface area contributed by atoms with E-state index >= 15 is 0 Å². The second kappa shape index (κ2) is 10.5. The topological polar surface area (TPSA) is 73.9 Å². The SMILES string of the molecule is COCCOC(=O)C1=C(C)NC2=C(C(=O)CCC2)C1c1ccccc1OCc1ccccc1. The minimum atomic E-state index is -0.545. The molecule has 0 bridgehead atoms. The first kappa shape index (κ1) is 22.8. The van der Waals surface area contributed by atoms with Crippen LogP contribution in [0.2, 0.25) is 0 Å². The summed E-state index contributed by atoms with van der Waals surface area (Å²) in [5, 5.41) is 3.31. The predicted octanol–water partition coefficient (Wildman–Crippen LogP) is 4.42. The molecule has 0 radical (unpaired) electrons. The van der Waals surface area contributed by atoms with Crippen molar-refractivity contribution in [3.05, 3.63) is 88.3 Å². The van der Waals surface area contributed by atoms with Gasteiger partial charge in [0.1, 0.15) is 19.0 Å². The molecule has 1 aliphatic carbocycles. The summed E-state index contributed by atoms with van der Waals surface area (Å²) in [6.45, 7) is 2.69. The number of allylic oxidation sites excluding steroid dienone is 3. The number of Topliss-reactive ketones (excluding diaryl/α,β-unsaturated/α-hetero) is 1. The Morgan fingerprint density at radius 1 is 1.03 bits per heavy atom. The lowest BCUT2D eigenvalue weighted by atomic mass is 9.75. The Morgan fingerprint density at radius 2 is 1.79 bits per heavy atom. The highest BCUT2D eigenvalue weighted by Gasteiger charge is 2.40. The quantitative estimate of drug-likeness (QED) is 0.477. The van der Waals surface area contributed by atoms with E-state index in [1.54, 1.807) is 7.11 Å². The highest BCUT2D eigenvalue weighted by molar-refractivity contribution is 6.04. The Bertz CT molecular complexity index is 1090. The molecule has 2 aromatic carbocycles. The molecule has 1 heterocycles. The molecule has 33 heavy (non-hydrogen) atoms. The van der Waals surface area contributed by atoms with Crippen molar-refractivity contribution in [1.29, 1.82) is 0 Å². The first-order valence-corrected chi connectivity index (χ1v) is 11.3. The first-order valence-electron chi connectivity index (χ1n) is 11.3. The monoisotopic (exact) mass is 447 g/mol. The summed E-state index contributed by atoms with van der Waals surface area (Å²) < 4.78 is 16.7. The molecule has 172 valence electrons. The summed E-state index contributed by atoms with van der Waals surface area (Å²) in [6, 6.07) is 17.5. The Balaban J connectivity index is 1.74. The zero-order chi connectivity index (χ0) is 23.2. The zero-order valence-corrected chi connectivity index (χ0v) is 19.1. The summed E-state index contributed by atoms with van der Waals surface area (Å²) in [5.41, 5.74) is 4.50. The largest absolute Gasteiger partial charge is 0.489 e. The zero-order valence-electron chi connectivity index (χ0n) is 19.1. The molecule has 0 saturated carbocycles. The molecular weight excluding hydrogens is 418 g/mol. The predicted molar refractivity (Wildman–Crippen MR) is 125 cm³/mol. The maximum atomic E-state index is 13.2. The highest BCUT2D eigenvalue weighted by Crippen LogP contribution is 2.45. The molecule has 0 fully saturated rings. The van der Waals surface area contributed by atoms with Crippen molar-refractivity contribution in [2.75, 3.05) is 20.3 Å². The summed E-state index contributed by atoms with van der Waals surface area (Å²) in [4.78, 5) is 26.3. The Morgan fingerprint density at radius 3 is 2.58 bits per heavy atom. The lowest BCUT2D eigenvalue weighted by Gasteiger charge is -2.34. The van der Waals surface area contributed by atoms with Crippen LogP contribution in [0.4, 0.5) is 0 Å². The van der Waals surface area contributed by atoms with E-state index in [1.165, 1.54) is 0 Å². The number of ketones is 1. The average Bonchev–Trinajstić information content (AvgIpc) is 2.83. The van der Waals surface area contributed by atoms with Crippen molar-refractivity contribution < 1.29 is 23.8 Å². The van der Waals surface area contributed by atoms with E-state index in [0.29, 0.717) is 42.2 Å². The Kier molecular flexibility index (Phi) is 7.25. The lowest BCUT2D eigenvalue weighted by molar-refractivity contribution is -0.140. The van der Waals surface area contributed by atoms with Crippen LogP contribution in [-0.2, 0) is 25.7 Å². The van der Waals surface area contributed by atoms with Gasteiger partial charge in [0.05, 0.1) is 18.1 Å². The number of rotatable bonds is 8. The number of dihydropyridines is 1. The second-order valence-electron chi connectivity index (χ2n) is 8.21. The molecule has 0 spiro atoms. The van der Waals surface area contributed by atoms with Gasteiger partial charge in [-0.15, -0.1) is 0 Å². The molecule has 1 aliphatic heterocycles. The van der Waals surface area contributed by atoms with E-state index in [0.717, 1.165) is 29.7 Å². The van der Waals surface area contributed by atoms with Gasteiger partial charge in [-0.1, -0.05) is 48.5 Å². The summed E-state index contributed by atoms with van der Waals surface area (Å²) in [6.07, 6.45) is 2.04. The van der Waals surface area contributed by atoms with Crippen LogP contribution in [0, 0.1) is 0 Å². The van der Waals surface area contributed by atoms with Crippen LogP contribution < -0.4 is 10.1 Å². The van der Waals surface area contributed by atoms with Crippen molar-refractivity contribution in [3.8, 4) is 5.75 Å². The summed E-state index contributed by atoms with van der Waals surface area (Å²) >= 11 is 0. The number of nitrogens with one attached hydrogen (secondary N) is 1. The number of esters is 1. The Labute approximate surface area is 194 Å². The number of methoxy groups -OCH3 is 1. The van der Waals surface area contributed by atoms with Crippen LogP contribution in [-0.4, -0.2) is 32.1 Å². The molecule has 2 aliphatic rings. The number of benzene rings is 2. The number of carbonyl (C=O) groups is 2. The minimum Gasteiger partial charge on any atom is -0.489 e. The summed E-state index contributed by atoms with van der Waals surface area (Å²) in [7, 11) is 1.56. The van der Waals surface area contributed by atoms with Gasteiger partial charge in [-0.3, -0.25) is 4.79 Å². The van der Waals surface area contributed by atoms with Crippen molar-refractivity contribution in [2.45, 2.75) is 38.7 Å². The smallest absolute Gasteiger partial charge is 0.336 e. The van der Waals surface area contributed by atoms with Gasteiger partial charge in [0.15, 0.2) is 5.78 Å². The normalized spacial score (nSPS) is 18.0. The van der Waals surface area contributed by atoms with E-state index in [9.17, 15) is 9.59 Å². The van der Waals surface area contributed by atoms with Crippen molar-refractivity contribution in [1.82, 2.24) is 5.32 Å². The molecule has 1 N–H and O–H groups in total. The second-order valence-corrected chi connectivity index (χ2v) is 8.21. The molecule has 0 saturated heterocycles. The van der Waals surface area contributed by atoms with Gasteiger partial charge < -0.3 is 19.5 Å². The van der Waals surface area contributed by atoms with Crippen LogP contribution in [0.25, 0.3) is 0 Å². The minimum absolute atomic E-state index is 0.0568. The molecule has 6 heteroatoms. The molecule has 1 atom stereocenters. The van der Waals surface area contributed by atoms with Crippen LogP contribution in [0.15, 0.2) is 77.1 Å². The summed E-state index contributed by atoms with van der Waals surface area (Å²) in [5.74, 6) is -0.296. The van der Waals surface area contributed by atoms with Crippen molar-refractivity contribution in [3.63, 3.8) is 0 Å². The standard InChI is InChI=1S/C27H29NO5/c1-18-24(27(30)32-16-15-31-2)25(26-21(28-18)12-8-13-22(26)29)20-11-6-7-14-23(20)33-17-19-9-4-3-5-10-19/h3-7,9-11,14,25,28H,8,12-13,15-17H2,1-2H3. The van der Waals surface area contributed by atoms with Gasteiger partial charge in [-0.25, -0.2) is 4.79 Å². The van der Waals surface area contributed by atoms with Crippen LogP contribution in [0.3, 0.4) is 0 Å².